The van der Waals surface area contributed by atoms with Gasteiger partial charge < -0.3 is 10.2 Å². The molecule has 0 spiro atoms. The van der Waals surface area contributed by atoms with Gasteiger partial charge in [0.2, 0.25) is 11.8 Å². The Labute approximate surface area is 131 Å². The van der Waals surface area contributed by atoms with Crippen LogP contribution in [0.25, 0.3) is 9.53 Å². The molecule has 1 aliphatic rings. The number of aromatic nitrogens is 1. The molecule has 0 radical (unpaired) electrons. The zero-order valence-corrected chi connectivity index (χ0v) is 13.8. The van der Waals surface area contributed by atoms with Crippen LogP contribution in [-0.4, -0.2) is 34.8 Å². The molecule has 21 heavy (non-hydrogen) atoms. The largest absolute Gasteiger partial charge is 0.342 e. The summed E-state index contributed by atoms with van der Waals surface area (Å²) in [4.78, 5) is 31.0. The lowest BCUT2D eigenvalue weighted by Crippen LogP contribution is -2.43. The minimum absolute atomic E-state index is 0.0895. The Bertz CT molecular complexity index is 671. The summed E-state index contributed by atoms with van der Waals surface area (Å²) in [6, 6.07) is 2.02. The average Bonchev–Trinajstić information content (AvgIpc) is 3.00. The molecule has 1 saturated carbocycles. The van der Waals surface area contributed by atoms with Crippen LogP contribution in [0.5, 0.6) is 0 Å². The van der Waals surface area contributed by atoms with Gasteiger partial charge in [-0.15, -0.1) is 11.3 Å². The number of hydrogen-bond acceptors (Lipinski definition) is 5. The Kier molecular flexibility index (Phi) is 3.49. The molecule has 1 fully saturated rings. The number of carbonyl (C=O) groups excluding carboxylic acids is 2. The van der Waals surface area contributed by atoms with Gasteiger partial charge in [-0.1, -0.05) is 11.3 Å². The molecular weight excluding hydrogens is 306 g/mol. The number of nitrogens with zero attached hydrogens (tertiary/aromatic N) is 2. The van der Waals surface area contributed by atoms with Gasteiger partial charge in [0.1, 0.15) is 9.43 Å². The zero-order valence-electron chi connectivity index (χ0n) is 12.2. The molecule has 2 aromatic rings. The summed E-state index contributed by atoms with van der Waals surface area (Å²) in [5.74, 6) is -0.310. The molecule has 7 heteroatoms. The van der Waals surface area contributed by atoms with Crippen LogP contribution in [0, 0.1) is 5.41 Å². The minimum Gasteiger partial charge on any atom is -0.342 e. The summed E-state index contributed by atoms with van der Waals surface area (Å²) in [5.41, 5.74) is 0.0220. The van der Waals surface area contributed by atoms with E-state index < -0.39 is 5.41 Å². The molecule has 0 aromatic carbocycles. The number of fused-ring (bicyclic) bond motifs is 1. The van der Waals surface area contributed by atoms with Crippen LogP contribution in [0.1, 0.15) is 26.7 Å². The summed E-state index contributed by atoms with van der Waals surface area (Å²) in [6.45, 7) is 3.89. The van der Waals surface area contributed by atoms with E-state index in [0.717, 1.165) is 9.53 Å². The highest BCUT2D eigenvalue weighted by Crippen LogP contribution is 2.48. The molecule has 2 amide bonds. The van der Waals surface area contributed by atoms with E-state index in [1.807, 2.05) is 25.3 Å². The molecule has 112 valence electrons. The van der Waals surface area contributed by atoms with Crippen LogP contribution < -0.4 is 5.32 Å². The fourth-order valence-electron chi connectivity index (χ4n) is 2.17. The van der Waals surface area contributed by atoms with Crippen molar-refractivity contribution < 1.29 is 9.59 Å². The maximum absolute atomic E-state index is 12.5. The Balaban J connectivity index is 1.75. The van der Waals surface area contributed by atoms with Crippen LogP contribution in [-0.2, 0) is 9.59 Å². The van der Waals surface area contributed by atoms with Gasteiger partial charge in [0.25, 0.3) is 0 Å². The van der Waals surface area contributed by atoms with Crippen molar-refractivity contribution in [3.05, 3.63) is 11.4 Å². The normalized spacial score (nSPS) is 16.2. The highest BCUT2D eigenvalue weighted by atomic mass is 32.2. The topological polar surface area (TPSA) is 62.3 Å². The summed E-state index contributed by atoms with van der Waals surface area (Å²) in [5, 5.41) is 5.38. The van der Waals surface area contributed by atoms with Gasteiger partial charge in [0.05, 0.1) is 5.52 Å². The zero-order chi connectivity index (χ0) is 15.2. The van der Waals surface area contributed by atoms with E-state index in [9.17, 15) is 9.59 Å². The third kappa shape index (κ3) is 2.44. The first-order valence-electron chi connectivity index (χ1n) is 6.87. The minimum atomic E-state index is -0.877. The number of anilines is 1. The highest BCUT2D eigenvalue weighted by Gasteiger charge is 2.58. The monoisotopic (exact) mass is 323 g/mol. The van der Waals surface area contributed by atoms with E-state index in [0.29, 0.717) is 18.0 Å². The number of carbonyl (C=O) groups is 2. The Morgan fingerprint density at radius 2 is 2.14 bits per heavy atom. The van der Waals surface area contributed by atoms with Crippen molar-refractivity contribution in [3.8, 4) is 0 Å². The predicted octanol–water partition coefficient (Wildman–Crippen LogP) is 2.94. The lowest BCUT2D eigenvalue weighted by molar-refractivity contribution is -0.142. The fourth-order valence-corrected chi connectivity index (χ4v) is 4.01. The smallest absolute Gasteiger partial charge is 0.241 e. The van der Waals surface area contributed by atoms with Crippen LogP contribution in [0.3, 0.4) is 0 Å². The van der Waals surface area contributed by atoms with E-state index >= 15 is 0 Å². The van der Waals surface area contributed by atoms with Gasteiger partial charge in [-0.25, -0.2) is 4.98 Å². The van der Waals surface area contributed by atoms with E-state index in [4.69, 9.17) is 0 Å². The van der Waals surface area contributed by atoms with Gasteiger partial charge in [0.15, 0.2) is 5.13 Å². The van der Waals surface area contributed by atoms with E-state index in [1.54, 1.807) is 23.3 Å². The molecular formula is C14H17N3O2S2. The predicted molar refractivity (Wildman–Crippen MR) is 85.7 cm³/mol. The number of amides is 2. The molecule has 1 N–H and O–H groups in total. The number of thiophene rings is 1. The van der Waals surface area contributed by atoms with Gasteiger partial charge in [-0.3, -0.25) is 9.59 Å². The van der Waals surface area contributed by atoms with E-state index in [-0.39, 0.29) is 17.9 Å². The maximum Gasteiger partial charge on any atom is 0.241 e. The van der Waals surface area contributed by atoms with Crippen molar-refractivity contribution in [2.45, 2.75) is 32.7 Å². The summed E-state index contributed by atoms with van der Waals surface area (Å²) in [6.07, 6.45) is 1.24. The molecule has 2 aromatic heterocycles. The third-order valence-corrected chi connectivity index (χ3v) is 5.95. The summed E-state index contributed by atoms with van der Waals surface area (Å²) >= 11 is 3.06. The molecule has 3 rings (SSSR count). The maximum atomic E-state index is 12.5. The van der Waals surface area contributed by atoms with E-state index in [2.05, 4.69) is 10.3 Å². The molecule has 0 atom stereocenters. The standard InChI is InChI=1S/C14H17N3O2S2/c1-8(2)17(3)12(19)14(5-6-14)11(18)16-13-15-9-4-7-20-10(9)21-13/h4,7-8H,5-6H2,1-3H3,(H,15,16,18). The molecule has 0 bridgehead atoms. The number of hydrogen-bond donors (Lipinski definition) is 1. The van der Waals surface area contributed by atoms with Gasteiger partial charge in [0, 0.05) is 13.1 Å². The average molecular weight is 323 g/mol. The van der Waals surface area contributed by atoms with Crippen LogP contribution in [0.2, 0.25) is 0 Å². The molecule has 1 aliphatic carbocycles. The molecule has 5 nitrogen and oxygen atoms in total. The SMILES string of the molecule is CC(C)N(C)C(=O)C1(C(=O)Nc2nc3ccsc3s2)CC1. The molecule has 0 unspecified atom stereocenters. The Morgan fingerprint density at radius 1 is 1.43 bits per heavy atom. The summed E-state index contributed by atoms with van der Waals surface area (Å²) < 4.78 is 1.08. The fraction of sp³-hybridized carbons (Fsp3) is 0.500. The highest BCUT2D eigenvalue weighted by molar-refractivity contribution is 7.39. The van der Waals surface area contributed by atoms with Crippen molar-refractivity contribution in [1.29, 1.82) is 0 Å². The lowest BCUT2D eigenvalue weighted by Gasteiger charge is -2.26. The lowest BCUT2D eigenvalue weighted by atomic mass is 10.0. The first kappa shape index (κ1) is 14.5. The number of thiazole rings is 1. The Hall–Kier alpha value is -1.47. The van der Waals surface area contributed by atoms with Crippen molar-refractivity contribution in [1.82, 2.24) is 9.88 Å². The van der Waals surface area contributed by atoms with Gasteiger partial charge in [-0.05, 0) is 38.1 Å². The van der Waals surface area contributed by atoms with Gasteiger partial charge >= 0.3 is 0 Å². The van der Waals surface area contributed by atoms with Crippen molar-refractivity contribution in [2.75, 3.05) is 12.4 Å². The Morgan fingerprint density at radius 3 is 2.71 bits per heavy atom. The first-order chi connectivity index (χ1) is 9.94. The third-order valence-electron chi connectivity index (χ3n) is 3.93. The van der Waals surface area contributed by atoms with Crippen molar-refractivity contribution >= 4 is 49.1 Å². The van der Waals surface area contributed by atoms with Gasteiger partial charge in [-0.2, -0.15) is 0 Å². The first-order valence-corrected chi connectivity index (χ1v) is 8.56. The second-order valence-electron chi connectivity index (χ2n) is 5.66. The van der Waals surface area contributed by atoms with Crippen LogP contribution in [0.15, 0.2) is 11.4 Å². The molecule has 0 aliphatic heterocycles. The van der Waals surface area contributed by atoms with E-state index in [1.165, 1.54) is 11.3 Å². The molecule has 2 heterocycles. The molecule has 0 saturated heterocycles. The quantitative estimate of drug-likeness (QED) is 0.880. The number of nitrogens with one attached hydrogen (secondary N) is 1. The van der Waals surface area contributed by atoms with Crippen molar-refractivity contribution in [2.24, 2.45) is 5.41 Å². The van der Waals surface area contributed by atoms with Crippen LogP contribution >= 0.6 is 22.7 Å². The van der Waals surface area contributed by atoms with Crippen molar-refractivity contribution in [3.63, 3.8) is 0 Å². The second kappa shape index (κ2) is 5.06. The van der Waals surface area contributed by atoms with Crippen LogP contribution in [0.4, 0.5) is 5.13 Å². The second-order valence-corrected chi connectivity index (χ2v) is 7.83. The summed E-state index contributed by atoms with van der Waals surface area (Å²) in [7, 11) is 1.75. The number of rotatable bonds is 4.